The standard InChI is InChI=1S/C4H10O5S.Na.H/c1-8-10(6,7)9-4-2-3-5;;/h5H,2-4H2,1H3;;. The second-order valence-electron chi connectivity index (χ2n) is 1.47. The Morgan fingerprint density at radius 2 is 2.00 bits per heavy atom. The first-order chi connectivity index (χ1) is 4.62. The fraction of sp³-hybridized carbons (Fsp3) is 1.00. The molecule has 0 radical (unpaired) electrons. The number of hydrogen-bond donors (Lipinski definition) is 1. The molecule has 0 heterocycles. The van der Waals surface area contributed by atoms with E-state index in [1.54, 1.807) is 0 Å². The van der Waals surface area contributed by atoms with Crippen LogP contribution in [-0.2, 0) is 18.8 Å². The van der Waals surface area contributed by atoms with E-state index >= 15 is 0 Å². The summed E-state index contributed by atoms with van der Waals surface area (Å²) in [5.74, 6) is 0. The van der Waals surface area contributed by atoms with Crippen LogP contribution in [0.1, 0.15) is 6.42 Å². The average molecular weight is 194 g/mol. The SMILES string of the molecule is COS(=O)(=O)OCCCO.[NaH]. The molecule has 0 atom stereocenters. The van der Waals surface area contributed by atoms with Crippen molar-refractivity contribution in [2.24, 2.45) is 0 Å². The maximum atomic E-state index is 10.3. The van der Waals surface area contributed by atoms with E-state index in [0.717, 1.165) is 7.11 Å². The van der Waals surface area contributed by atoms with Crippen molar-refractivity contribution in [3.05, 3.63) is 0 Å². The van der Waals surface area contributed by atoms with E-state index in [4.69, 9.17) is 5.11 Å². The van der Waals surface area contributed by atoms with Crippen LogP contribution in [0.15, 0.2) is 0 Å². The Morgan fingerprint density at radius 3 is 2.36 bits per heavy atom. The van der Waals surface area contributed by atoms with Crippen LogP contribution in [-0.4, -0.2) is 63.4 Å². The van der Waals surface area contributed by atoms with Gasteiger partial charge in [0.05, 0.1) is 13.7 Å². The van der Waals surface area contributed by atoms with Gasteiger partial charge >= 0.3 is 40.0 Å². The van der Waals surface area contributed by atoms with Gasteiger partial charge < -0.3 is 5.11 Å². The number of hydrogen-bond acceptors (Lipinski definition) is 5. The quantitative estimate of drug-likeness (QED) is 0.431. The van der Waals surface area contributed by atoms with E-state index in [0.29, 0.717) is 0 Å². The van der Waals surface area contributed by atoms with E-state index in [2.05, 4.69) is 8.37 Å². The second kappa shape index (κ2) is 7.48. The van der Waals surface area contributed by atoms with E-state index in [1.165, 1.54) is 0 Å². The monoisotopic (exact) mass is 194 g/mol. The van der Waals surface area contributed by atoms with E-state index in [-0.39, 0.29) is 49.2 Å². The zero-order valence-electron chi connectivity index (χ0n) is 5.61. The van der Waals surface area contributed by atoms with Crippen molar-refractivity contribution < 1.29 is 21.9 Å². The Hall–Kier alpha value is 0.830. The number of rotatable bonds is 5. The van der Waals surface area contributed by atoms with Crippen LogP contribution in [0.5, 0.6) is 0 Å². The third-order valence-corrected chi connectivity index (χ3v) is 1.60. The van der Waals surface area contributed by atoms with Crippen molar-refractivity contribution >= 4 is 40.0 Å². The molecular formula is C4H11NaO5S. The van der Waals surface area contributed by atoms with Gasteiger partial charge in [-0.25, -0.2) is 4.18 Å². The van der Waals surface area contributed by atoms with E-state index < -0.39 is 10.4 Å². The van der Waals surface area contributed by atoms with Crippen molar-refractivity contribution in [1.29, 1.82) is 0 Å². The molecule has 5 nitrogen and oxygen atoms in total. The molecule has 0 saturated carbocycles. The fourth-order valence-electron chi connectivity index (χ4n) is 0.274. The normalized spacial score (nSPS) is 10.7. The third kappa shape index (κ3) is 8.74. The van der Waals surface area contributed by atoms with Crippen LogP contribution in [0.3, 0.4) is 0 Å². The molecule has 0 aromatic rings. The van der Waals surface area contributed by atoms with E-state index in [1.807, 2.05) is 0 Å². The minimum atomic E-state index is -3.80. The van der Waals surface area contributed by atoms with Crippen molar-refractivity contribution in [2.45, 2.75) is 6.42 Å². The summed E-state index contributed by atoms with van der Waals surface area (Å²) < 4.78 is 28.9. The summed E-state index contributed by atoms with van der Waals surface area (Å²) in [5, 5.41) is 8.22. The third-order valence-electron chi connectivity index (χ3n) is 0.734. The summed E-state index contributed by atoms with van der Waals surface area (Å²) in [4.78, 5) is 0. The van der Waals surface area contributed by atoms with Gasteiger partial charge in [-0.1, -0.05) is 0 Å². The van der Waals surface area contributed by atoms with Gasteiger partial charge in [0.25, 0.3) is 0 Å². The van der Waals surface area contributed by atoms with Crippen LogP contribution in [0.25, 0.3) is 0 Å². The molecule has 64 valence electrons. The molecule has 0 aliphatic heterocycles. The second-order valence-corrected chi connectivity index (χ2v) is 2.86. The molecule has 0 aliphatic rings. The van der Waals surface area contributed by atoms with Crippen LogP contribution < -0.4 is 0 Å². The van der Waals surface area contributed by atoms with Gasteiger partial charge in [0.15, 0.2) is 0 Å². The molecule has 0 bridgehead atoms. The van der Waals surface area contributed by atoms with E-state index in [9.17, 15) is 8.42 Å². The fourth-order valence-corrected chi connectivity index (χ4v) is 0.692. The zero-order valence-corrected chi connectivity index (χ0v) is 6.43. The summed E-state index contributed by atoms with van der Waals surface area (Å²) in [5.41, 5.74) is 0. The average Bonchev–Trinajstić information content (AvgIpc) is 1.89. The summed E-state index contributed by atoms with van der Waals surface area (Å²) in [6.07, 6.45) is 0.280. The Balaban J connectivity index is 0. The molecule has 0 aromatic carbocycles. The molecule has 1 N–H and O–H groups in total. The minimum absolute atomic E-state index is 0. The molecule has 0 aliphatic carbocycles. The van der Waals surface area contributed by atoms with Gasteiger partial charge in [0.2, 0.25) is 0 Å². The molecule has 0 unspecified atom stereocenters. The summed E-state index contributed by atoms with van der Waals surface area (Å²) in [6, 6.07) is 0. The Morgan fingerprint density at radius 1 is 1.45 bits per heavy atom. The Labute approximate surface area is 88.3 Å². The van der Waals surface area contributed by atoms with Gasteiger partial charge in [-0.2, -0.15) is 8.42 Å². The first-order valence-corrected chi connectivity index (χ1v) is 4.01. The van der Waals surface area contributed by atoms with Gasteiger partial charge in [-0.15, -0.1) is 0 Å². The maximum absolute atomic E-state index is 10.3. The van der Waals surface area contributed by atoms with Gasteiger partial charge in [-0.05, 0) is 6.42 Å². The van der Waals surface area contributed by atoms with Crippen LogP contribution in [0.4, 0.5) is 0 Å². The molecule has 0 fully saturated rings. The van der Waals surface area contributed by atoms with Gasteiger partial charge in [-0.3, -0.25) is 4.18 Å². The van der Waals surface area contributed by atoms with Gasteiger partial charge in [0, 0.05) is 6.61 Å². The molecule has 0 amide bonds. The molecule has 0 spiro atoms. The number of aliphatic hydroxyl groups is 1. The Bertz CT molecular complexity index is 165. The first-order valence-electron chi connectivity index (χ1n) is 2.68. The summed E-state index contributed by atoms with van der Waals surface area (Å²) in [6.45, 7) is -0.147. The topological polar surface area (TPSA) is 72.8 Å². The van der Waals surface area contributed by atoms with Gasteiger partial charge in [0.1, 0.15) is 0 Å². The molecule has 7 heteroatoms. The van der Waals surface area contributed by atoms with Crippen LogP contribution in [0, 0.1) is 0 Å². The van der Waals surface area contributed by atoms with Crippen LogP contribution in [0.2, 0.25) is 0 Å². The Kier molecular flexibility index (Phi) is 9.76. The molecular weight excluding hydrogens is 183 g/mol. The van der Waals surface area contributed by atoms with Crippen molar-refractivity contribution in [3.63, 3.8) is 0 Å². The zero-order chi connectivity index (χ0) is 8.04. The predicted molar refractivity (Wildman–Crippen MR) is 40.7 cm³/mol. The van der Waals surface area contributed by atoms with Crippen molar-refractivity contribution in [2.75, 3.05) is 20.3 Å². The molecule has 0 aromatic heterocycles. The first kappa shape index (κ1) is 14.4. The molecule has 11 heavy (non-hydrogen) atoms. The summed E-state index contributed by atoms with van der Waals surface area (Å²) in [7, 11) is -2.79. The molecule has 0 rings (SSSR count). The predicted octanol–water partition coefficient (Wildman–Crippen LogP) is -1.37. The number of aliphatic hydroxyl groups excluding tert-OH is 1. The van der Waals surface area contributed by atoms with Crippen molar-refractivity contribution in [3.8, 4) is 0 Å². The van der Waals surface area contributed by atoms with Crippen molar-refractivity contribution in [1.82, 2.24) is 0 Å². The molecule has 0 saturated heterocycles. The van der Waals surface area contributed by atoms with Crippen LogP contribution >= 0.6 is 0 Å². The summed E-state index contributed by atoms with van der Waals surface area (Å²) >= 11 is 0.